The Labute approximate surface area is 143 Å². The van der Waals surface area contributed by atoms with Crippen LogP contribution in [-0.4, -0.2) is 59.2 Å². The van der Waals surface area contributed by atoms with Gasteiger partial charge in [0, 0.05) is 14.1 Å². The molecule has 0 aliphatic carbocycles. The van der Waals surface area contributed by atoms with Crippen molar-refractivity contribution in [3.05, 3.63) is 0 Å². The third kappa shape index (κ3) is 6.45. The molecule has 0 unspecified atom stereocenters. The summed E-state index contributed by atoms with van der Waals surface area (Å²) >= 11 is 0. The lowest BCUT2D eigenvalue weighted by Crippen LogP contribution is -2.56. The minimum Gasteiger partial charge on any atom is -0.382 e. The van der Waals surface area contributed by atoms with E-state index < -0.39 is 35.3 Å². The summed E-state index contributed by atoms with van der Waals surface area (Å²) in [5.41, 5.74) is 0.802. The van der Waals surface area contributed by atoms with Crippen molar-refractivity contribution in [3.8, 4) is 0 Å². The Morgan fingerprint density at radius 2 is 1.58 bits per heavy atom. The molecule has 0 heterocycles. The van der Waals surface area contributed by atoms with Gasteiger partial charge in [-0.3, -0.25) is 19.6 Å². The van der Waals surface area contributed by atoms with Crippen molar-refractivity contribution in [1.29, 1.82) is 0 Å². The number of aliphatic hydroxyl groups is 1. The van der Waals surface area contributed by atoms with E-state index >= 15 is 0 Å². The Balaban J connectivity index is 5.46. The van der Waals surface area contributed by atoms with Crippen molar-refractivity contribution in [2.75, 3.05) is 14.1 Å². The number of nitrogens with zero attached hydrogens (tertiary/aromatic N) is 1. The van der Waals surface area contributed by atoms with Crippen LogP contribution in [0.2, 0.25) is 0 Å². The first-order valence-electron chi connectivity index (χ1n) is 7.96. The first-order chi connectivity index (χ1) is 10.8. The van der Waals surface area contributed by atoms with Crippen LogP contribution >= 0.6 is 0 Å². The topological polar surface area (TPSA) is 119 Å². The first-order valence-corrected chi connectivity index (χ1v) is 7.96. The minimum absolute atomic E-state index is 0.0273. The molecule has 0 radical (unpaired) electrons. The summed E-state index contributed by atoms with van der Waals surface area (Å²) in [6.07, 6.45) is -1.47. The van der Waals surface area contributed by atoms with Gasteiger partial charge in [-0.15, -0.1) is 0 Å². The maximum absolute atomic E-state index is 12.6. The van der Waals surface area contributed by atoms with Crippen LogP contribution in [0.25, 0.3) is 0 Å². The van der Waals surface area contributed by atoms with E-state index in [9.17, 15) is 19.5 Å². The van der Waals surface area contributed by atoms with Crippen molar-refractivity contribution < 1.29 is 24.7 Å². The summed E-state index contributed by atoms with van der Waals surface area (Å²) in [4.78, 5) is 37.9. The Morgan fingerprint density at radius 3 is 1.92 bits per heavy atom. The van der Waals surface area contributed by atoms with Gasteiger partial charge in [0.1, 0.15) is 12.1 Å². The fraction of sp³-hybridized carbons (Fsp3) is 0.812. The highest BCUT2D eigenvalue weighted by molar-refractivity contribution is 5.92. The summed E-state index contributed by atoms with van der Waals surface area (Å²) in [7, 11) is 3.18. The van der Waals surface area contributed by atoms with Crippen LogP contribution in [0.3, 0.4) is 0 Å². The van der Waals surface area contributed by atoms with Gasteiger partial charge in [-0.2, -0.15) is 0 Å². The maximum atomic E-state index is 12.6. The van der Waals surface area contributed by atoms with E-state index in [-0.39, 0.29) is 18.2 Å². The number of amides is 3. The fourth-order valence-corrected chi connectivity index (χ4v) is 2.29. The Hall–Kier alpha value is -1.67. The zero-order valence-corrected chi connectivity index (χ0v) is 15.6. The van der Waals surface area contributed by atoms with Gasteiger partial charge >= 0.3 is 0 Å². The highest BCUT2D eigenvalue weighted by Gasteiger charge is 2.38. The van der Waals surface area contributed by atoms with Crippen LogP contribution in [0, 0.1) is 17.3 Å². The number of nitrogens with one attached hydrogen (secondary N) is 2. The van der Waals surface area contributed by atoms with Gasteiger partial charge in [-0.1, -0.05) is 34.6 Å². The molecule has 0 aromatic rings. The summed E-state index contributed by atoms with van der Waals surface area (Å²) < 4.78 is 0. The molecule has 24 heavy (non-hydrogen) atoms. The lowest BCUT2D eigenvalue weighted by Gasteiger charge is -2.34. The third-order valence-corrected chi connectivity index (χ3v) is 3.66. The summed E-state index contributed by atoms with van der Waals surface area (Å²) in [5, 5.41) is 21.4. The van der Waals surface area contributed by atoms with Crippen LogP contribution < -0.4 is 10.8 Å². The number of hydrogen-bond acceptors (Lipinski definition) is 5. The molecular formula is C16H31N3O5. The molecule has 0 aromatic carbocycles. The molecule has 0 bridgehead atoms. The molecule has 0 spiro atoms. The number of carbonyl (C=O) groups is 3. The zero-order valence-electron chi connectivity index (χ0n) is 15.6. The van der Waals surface area contributed by atoms with Gasteiger partial charge in [0.2, 0.25) is 11.8 Å². The van der Waals surface area contributed by atoms with Crippen LogP contribution in [0.5, 0.6) is 0 Å². The van der Waals surface area contributed by atoms with Crippen molar-refractivity contribution in [3.63, 3.8) is 0 Å². The van der Waals surface area contributed by atoms with E-state index in [4.69, 9.17) is 5.21 Å². The summed E-state index contributed by atoms with van der Waals surface area (Å²) in [6.45, 7) is 9.13. The third-order valence-electron chi connectivity index (χ3n) is 3.66. The molecular weight excluding hydrogens is 314 g/mol. The molecule has 0 aliphatic heterocycles. The molecule has 0 rings (SSSR count). The molecule has 3 amide bonds. The molecule has 0 saturated heterocycles. The standard InChI is InChI=1S/C16H31N3O5/c1-9(2)8-10(11(20)14(22)18-24)13(21)17-12(16(3,4)5)15(23)19(6)7/h9-12,20,24H,8H2,1-7H3,(H,17,21)(H,18,22)/t10-,11+,12-/m1/s1. The van der Waals surface area contributed by atoms with Crippen molar-refractivity contribution in [2.24, 2.45) is 17.3 Å². The molecule has 4 N–H and O–H groups in total. The minimum atomic E-state index is -1.70. The summed E-state index contributed by atoms with van der Waals surface area (Å²) in [5.74, 6) is -2.98. The Bertz CT molecular complexity index is 457. The second kappa shape index (κ2) is 8.98. The molecule has 0 fully saturated rings. The van der Waals surface area contributed by atoms with Crippen LogP contribution in [0.1, 0.15) is 41.0 Å². The van der Waals surface area contributed by atoms with Crippen LogP contribution in [-0.2, 0) is 14.4 Å². The number of hydroxylamine groups is 1. The van der Waals surface area contributed by atoms with Gasteiger partial charge in [-0.25, -0.2) is 5.48 Å². The number of rotatable bonds is 7. The van der Waals surface area contributed by atoms with E-state index in [1.165, 1.54) is 10.4 Å². The highest BCUT2D eigenvalue weighted by atomic mass is 16.5. The van der Waals surface area contributed by atoms with E-state index in [1.807, 2.05) is 34.6 Å². The van der Waals surface area contributed by atoms with Crippen molar-refractivity contribution in [1.82, 2.24) is 15.7 Å². The van der Waals surface area contributed by atoms with Gasteiger partial charge in [0.05, 0.1) is 5.92 Å². The van der Waals surface area contributed by atoms with E-state index in [0.29, 0.717) is 0 Å². The molecule has 0 saturated carbocycles. The van der Waals surface area contributed by atoms with Crippen molar-refractivity contribution >= 4 is 17.7 Å². The predicted molar refractivity (Wildman–Crippen MR) is 89.0 cm³/mol. The molecule has 3 atom stereocenters. The quantitative estimate of drug-likeness (QED) is 0.386. The Morgan fingerprint density at radius 1 is 1.08 bits per heavy atom. The van der Waals surface area contributed by atoms with Crippen molar-refractivity contribution in [2.45, 2.75) is 53.2 Å². The monoisotopic (exact) mass is 345 g/mol. The average Bonchev–Trinajstić information content (AvgIpc) is 2.46. The number of aliphatic hydroxyl groups excluding tert-OH is 1. The van der Waals surface area contributed by atoms with Gasteiger partial charge in [-0.05, 0) is 17.8 Å². The second-order valence-electron chi connectivity index (χ2n) is 7.70. The van der Waals surface area contributed by atoms with E-state index in [1.54, 1.807) is 14.1 Å². The number of hydrogen-bond donors (Lipinski definition) is 4. The lowest BCUT2D eigenvalue weighted by molar-refractivity contribution is -0.148. The number of carbonyl (C=O) groups excluding carboxylic acids is 3. The largest absolute Gasteiger partial charge is 0.382 e. The molecule has 0 aromatic heterocycles. The SMILES string of the molecule is CC(C)C[C@@H](C(=O)N[C@H](C(=O)N(C)C)C(C)(C)C)[C@H](O)C(=O)NO. The molecule has 0 aliphatic rings. The summed E-state index contributed by atoms with van der Waals surface area (Å²) in [6, 6.07) is -0.806. The normalized spacial score (nSPS) is 15.4. The molecule has 8 heteroatoms. The lowest BCUT2D eigenvalue weighted by atomic mass is 9.84. The zero-order chi connectivity index (χ0) is 19.2. The smallest absolute Gasteiger partial charge is 0.272 e. The van der Waals surface area contributed by atoms with Crippen LogP contribution in [0.4, 0.5) is 0 Å². The second-order valence-corrected chi connectivity index (χ2v) is 7.70. The first kappa shape index (κ1) is 22.3. The van der Waals surface area contributed by atoms with E-state index in [2.05, 4.69) is 5.32 Å². The molecule has 140 valence electrons. The predicted octanol–water partition coefficient (Wildman–Crippen LogP) is 0.134. The van der Waals surface area contributed by atoms with Crippen LogP contribution in [0.15, 0.2) is 0 Å². The average molecular weight is 345 g/mol. The molecule has 8 nitrogen and oxygen atoms in total. The fourth-order valence-electron chi connectivity index (χ4n) is 2.29. The van der Waals surface area contributed by atoms with Gasteiger partial charge in [0.25, 0.3) is 5.91 Å². The van der Waals surface area contributed by atoms with Gasteiger partial charge in [0.15, 0.2) is 0 Å². The van der Waals surface area contributed by atoms with Gasteiger partial charge < -0.3 is 15.3 Å². The number of likely N-dealkylation sites (N-methyl/N-ethyl adjacent to an activating group) is 1. The highest BCUT2D eigenvalue weighted by Crippen LogP contribution is 2.23. The van der Waals surface area contributed by atoms with E-state index in [0.717, 1.165) is 0 Å². The Kier molecular flexibility index (Phi) is 8.36. The maximum Gasteiger partial charge on any atom is 0.272 e.